The molecule has 3 rings (SSSR count). The molecule has 1 fully saturated rings. The maximum absolute atomic E-state index is 13.3. The van der Waals surface area contributed by atoms with E-state index in [4.69, 9.17) is 9.47 Å². The average molecular weight is 699 g/mol. The number of hydrogen-bond donors (Lipinski definition) is 4. The lowest BCUT2D eigenvalue weighted by atomic mass is 9.95. The summed E-state index contributed by atoms with van der Waals surface area (Å²) in [6.07, 6.45) is -0.408. The summed E-state index contributed by atoms with van der Waals surface area (Å²) in [5.41, 5.74) is 1.24. The van der Waals surface area contributed by atoms with Crippen LogP contribution in [-0.2, 0) is 38.4 Å². The Balaban J connectivity index is 1.50. The zero-order chi connectivity index (χ0) is 36.0. The van der Waals surface area contributed by atoms with E-state index in [1.54, 1.807) is 58.2 Å². The molecule has 0 radical (unpaired) electrons. The van der Waals surface area contributed by atoms with E-state index in [9.17, 15) is 24.3 Å². The number of unbranched alkanes of at least 4 members (excludes halogenated alkanes) is 1. The number of aliphatic hydroxyl groups excluding tert-OH is 1. The van der Waals surface area contributed by atoms with Crippen LogP contribution in [0.2, 0.25) is 0 Å². The number of rotatable bonds is 16. The second-order valence-corrected chi connectivity index (χ2v) is 15.4. The Bertz CT molecular complexity index is 1370. The van der Waals surface area contributed by atoms with Crippen molar-refractivity contribution < 1.29 is 33.8 Å². The Morgan fingerprint density at radius 3 is 2.12 bits per heavy atom. The van der Waals surface area contributed by atoms with Crippen LogP contribution in [-0.4, -0.2) is 88.0 Å². The van der Waals surface area contributed by atoms with Crippen LogP contribution in [0.1, 0.15) is 77.5 Å². The van der Waals surface area contributed by atoms with Gasteiger partial charge in [-0.05, 0) is 90.5 Å². The number of ether oxygens (including phenoxy) is 2. The van der Waals surface area contributed by atoms with Gasteiger partial charge in [0.15, 0.2) is 5.78 Å². The minimum absolute atomic E-state index is 0.00584. The van der Waals surface area contributed by atoms with Crippen molar-refractivity contribution in [2.24, 2.45) is 0 Å². The van der Waals surface area contributed by atoms with Crippen LogP contribution in [0.5, 0.6) is 0 Å². The van der Waals surface area contributed by atoms with E-state index in [-0.39, 0.29) is 18.7 Å². The topological polar surface area (TPSA) is 146 Å². The van der Waals surface area contributed by atoms with E-state index >= 15 is 0 Å². The van der Waals surface area contributed by atoms with Gasteiger partial charge >= 0.3 is 12.2 Å². The van der Waals surface area contributed by atoms with Crippen molar-refractivity contribution >= 4 is 35.6 Å². The summed E-state index contributed by atoms with van der Waals surface area (Å²) in [7, 11) is 0. The third-order valence-electron chi connectivity index (χ3n) is 7.56. The smallest absolute Gasteiger partial charge is 0.408 e. The maximum atomic E-state index is 13.3. The van der Waals surface area contributed by atoms with Gasteiger partial charge in [-0.2, -0.15) is 0 Å². The highest BCUT2D eigenvalue weighted by Crippen LogP contribution is 2.17. The van der Waals surface area contributed by atoms with Gasteiger partial charge in [0.25, 0.3) is 0 Å². The van der Waals surface area contributed by atoms with E-state index in [2.05, 4.69) is 16.0 Å². The van der Waals surface area contributed by atoms with Gasteiger partial charge < -0.3 is 35.4 Å². The molecule has 0 aromatic heterocycles. The molecule has 3 amide bonds. The number of ketones is 1. The summed E-state index contributed by atoms with van der Waals surface area (Å²) in [6.45, 7) is 12.6. The number of nitrogens with zero attached hydrogens (tertiary/aromatic N) is 1. The number of alkyl carbamates (subject to hydrolysis) is 2. The van der Waals surface area contributed by atoms with Crippen LogP contribution in [0.3, 0.4) is 0 Å². The van der Waals surface area contributed by atoms with Crippen molar-refractivity contribution in [1.29, 1.82) is 0 Å². The quantitative estimate of drug-likeness (QED) is 0.178. The first-order valence-electron chi connectivity index (χ1n) is 17.0. The summed E-state index contributed by atoms with van der Waals surface area (Å²) in [4.78, 5) is 53.1. The fraction of sp³-hybridized carbons (Fsp3) is 0.568. The van der Waals surface area contributed by atoms with Gasteiger partial charge in [0, 0.05) is 25.3 Å². The summed E-state index contributed by atoms with van der Waals surface area (Å²) >= 11 is 1.70. The van der Waals surface area contributed by atoms with Crippen molar-refractivity contribution in [2.45, 2.75) is 110 Å². The van der Waals surface area contributed by atoms with Gasteiger partial charge in [0.05, 0.1) is 11.9 Å². The molecule has 0 unspecified atom stereocenters. The summed E-state index contributed by atoms with van der Waals surface area (Å²) in [5.74, 6) is 1.05. The van der Waals surface area contributed by atoms with Crippen molar-refractivity contribution in [1.82, 2.24) is 20.9 Å². The summed E-state index contributed by atoms with van der Waals surface area (Å²) in [6, 6.07) is 15.5. The largest absolute Gasteiger partial charge is 0.444 e. The Kier molecular flexibility index (Phi) is 15.4. The fourth-order valence-corrected chi connectivity index (χ4v) is 6.25. The van der Waals surface area contributed by atoms with Gasteiger partial charge in [-0.1, -0.05) is 54.6 Å². The Morgan fingerprint density at radius 2 is 1.49 bits per heavy atom. The third kappa shape index (κ3) is 15.2. The Hall–Kier alpha value is -3.61. The molecule has 0 bridgehead atoms. The number of benzene rings is 2. The fourth-order valence-electron chi connectivity index (χ4n) is 5.29. The van der Waals surface area contributed by atoms with Crippen molar-refractivity contribution in [3.63, 3.8) is 0 Å². The molecule has 0 aliphatic carbocycles. The molecular formula is C37H54N4O7S. The molecule has 1 saturated heterocycles. The maximum Gasteiger partial charge on any atom is 0.408 e. The first-order chi connectivity index (χ1) is 23.1. The second-order valence-electron chi connectivity index (χ2n) is 14.4. The van der Waals surface area contributed by atoms with Crippen molar-refractivity contribution in [3.8, 4) is 0 Å². The molecule has 0 saturated carbocycles. The average Bonchev–Trinajstić information content (AvgIpc) is 3.55. The first kappa shape index (κ1) is 39.8. The Morgan fingerprint density at radius 1 is 0.857 bits per heavy atom. The van der Waals surface area contributed by atoms with Gasteiger partial charge in [-0.25, -0.2) is 9.59 Å². The molecule has 1 aliphatic heterocycles. The predicted molar refractivity (Wildman–Crippen MR) is 192 cm³/mol. The number of amides is 3. The lowest BCUT2D eigenvalue weighted by Gasteiger charge is -2.26. The molecule has 0 spiro atoms. The van der Waals surface area contributed by atoms with E-state index in [0.29, 0.717) is 31.9 Å². The SMILES string of the molecule is CC(C)(C)OC(=O)N[C@@H](CCCCNCc1cccc(CC(=O)[C@@H](O)[C@@H](Cc2ccccc2)NC(=O)OC(C)(C)C)c1)C(=O)N1CCSC1. The highest BCUT2D eigenvalue weighted by atomic mass is 32.2. The van der Waals surface area contributed by atoms with Crippen LogP contribution in [0.25, 0.3) is 0 Å². The molecule has 49 heavy (non-hydrogen) atoms. The molecule has 2 aromatic rings. The van der Waals surface area contributed by atoms with Crippen LogP contribution < -0.4 is 16.0 Å². The van der Waals surface area contributed by atoms with E-state index in [1.807, 2.05) is 54.6 Å². The van der Waals surface area contributed by atoms with E-state index in [1.165, 1.54) is 0 Å². The minimum atomic E-state index is -1.43. The van der Waals surface area contributed by atoms with Crippen LogP contribution >= 0.6 is 11.8 Å². The van der Waals surface area contributed by atoms with E-state index < -0.39 is 47.4 Å². The number of Topliss-reactive ketones (excluding diaryl/α,β-unsaturated/α-hetero) is 1. The van der Waals surface area contributed by atoms with Crippen LogP contribution in [0.15, 0.2) is 54.6 Å². The van der Waals surface area contributed by atoms with Crippen molar-refractivity contribution in [2.75, 3.05) is 24.7 Å². The molecule has 1 aliphatic rings. The number of carbonyl (C=O) groups is 4. The molecule has 11 nitrogen and oxygen atoms in total. The number of hydrogen-bond acceptors (Lipinski definition) is 9. The van der Waals surface area contributed by atoms with Gasteiger partial charge in [-0.3, -0.25) is 9.59 Å². The molecular weight excluding hydrogens is 644 g/mol. The number of aliphatic hydroxyl groups is 1. The van der Waals surface area contributed by atoms with Gasteiger partial charge in [-0.15, -0.1) is 11.8 Å². The lowest BCUT2D eigenvalue weighted by molar-refractivity contribution is -0.132. The highest BCUT2D eigenvalue weighted by Gasteiger charge is 2.31. The molecule has 1 heterocycles. The standard InChI is InChI=1S/C37H54N4O7S/c1-36(2,3)47-34(45)39-29(33(44)41-19-20-49-25-41)17-10-11-18-38-24-28-16-12-15-27(21-28)23-31(42)32(43)30(22-26-13-8-7-9-14-26)40-35(46)48-37(4,5)6/h7-9,12-16,21,29-30,32,38,43H,10-11,17-20,22-25H2,1-6H3,(H,39,45)(H,40,46)/t29-,30+,32-/m0/s1. The monoisotopic (exact) mass is 698 g/mol. The zero-order valence-corrected chi connectivity index (χ0v) is 30.6. The molecule has 4 N–H and O–H groups in total. The molecule has 3 atom stereocenters. The summed E-state index contributed by atoms with van der Waals surface area (Å²) in [5, 5.41) is 20.0. The first-order valence-corrected chi connectivity index (χ1v) is 18.1. The van der Waals surface area contributed by atoms with Gasteiger partial charge in [0.1, 0.15) is 23.3 Å². The molecule has 12 heteroatoms. The molecule has 2 aromatic carbocycles. The van der Waals surface area contributed by atoms with Crippen LogP contribution in [0, 0.1) is 0 Å². The zero-order valence-electron chi connectivity index (χ0n) is 29.8. The summed E-state index contributed by atoms with van der Waals surface area (Å²) < 4.78 is 10.8. The van der Waals surface area contributed by atoms with Gasteiger partial charge in [0.2, 0.25) is 5.91 Å². The predicted octanol–water partition coefficient (Wildman–Crippen LogP) is 4.98. The van der Waals surface area contributed by atoms with Crippen LogP contribution in [0.4, 0.5) is 9.59 Å². The van der Waals surface area contributed by atoms with E-state index in [0.717, 1.165) is 35.3 Å². The van der Waals surface area contributed by atoms with Crippen molar-refractivity contribution in [3.05, 3.63) is 71.3 Å². The third-order valence-corrected chi connectivity index (χ3v) is 8.53. The highest BCUT2D eigenvalue weighted by molar-refractivity contribution is 7.99. The number of thioether (sulfide) groups is 1. The Labute approximate surface area is 295 Å². The second kappa shape index (κ2) is 19.0. The number of nitrogens with one attached hydrogen (secondary N) is 3. The normalized spacial score (nSPS) is 15.2. The lowest BCUT2D eigenvalue weighted by Crippen LogP contribution is -2.50. The minimum Gasteiger partial charge on any atom is -0.444 e. The molecule has 270 valence electrons. The number of carbonyl (C=O) groups excluding carboxylic acids is 4.